The molecule has 5 rings (SSSR count). The number of nitro groups is 2. The van der Waals surface area contributed by atoms with Gasteiger partial charge in [0.05, 0.1) is 29.0 Å². The molecule has 3 heterocycles. The van der Waals surface area contributed by atoms with Gasteiger partial charge in [0.2, 0.25) is 0 Å². The summed E-state index contributed by atoms with van der Waals surface area (Å²) in [7, 11) is 0. The summed E-state index contributed by atoms with van der Waals surface area (Å²) >= 11 is 0. The first kappa shape index (κ1) is 32.1. The Bertz CT molecular complexity index is 1170. The Kier molecular flexibility index (Phi) is 12.3. The zero-order valence-electron chi connectivity index (χ0n) is 23.5. The number of carboxylic acids is 1. The molecule has 2 amide bonds. The SMILES string of the molecule is NC(=O)N1CCOCC1.O=C(O)C1CCN(c2ccc([N+](=O)[O-])cc2)CC1.O=[N+]([O-])c1ccc(N2CCCCC2)cc1. The minimum Gasteiger partial charge on any atom is -0.481 e. The smallest absolute Gasteiger partial charge is 0.314 e. The summed E-state index contributed by atoms with van der Waals surface area (Å²) in [5.41, 5.74) is 7.23. The van der Waals surface area contributed by atoms with Gasteiger partial charge in [-0.05, 0) is 56.4 Å². The molecule has 228 valence electrons. The largest absolute Gasteiger partial charge is 0.481 e. The Balaban J connectivity index is 0.000000182. The van der Waals surface area contributed by atoms with Crippen molar-refractivity contribution < 1.29 is 29.3 Å². The number of benzene rings is 2. The summed E-state index contributed by atoms with van der Waals surface area (Å²) in [5.74, 6) is -1.00. The van der Waals surface area contributed by atoms with E-state index in [0.717, 1.165) is 24.5 Å². The quantitative estimate of drug-likeness (QED) is 0.385. The average molecular weight is 587 g/mol. The number of nitrogens with two attached hydrogens (primary N) is 1. The second-order valence-corrected chi connectivity index (χ2v) is 10.1. The van der Waals surface area contributed by atoms with Gasteiger partial charge in [0.15, 0.2) is 0 Å². The molecule has 0 aromatic heterocycles. The molecule has 14 heteroatoms. The third-order valence-electron chi connectivity index (χ3n) is 7.37. The van der Waals surface area contributed by atoms with Crippen molar-refractivity contribution in [2.24, 2.45) is 11.7 Å². The number of morpholine rings is 1. The van der Waals surface area contributed by atoms with Crippen LogP contribution in [0.15, 0.2) is 48.5 Å². The number of ether oxygens (including phenoxy) is 1. The number of aliphatic carboxylic acids is 1. The summed E-state index contributed by atoms with van der Waals surface area (Å²) in [4.78, 5) is 47.4. The van der Waals surface area contributed by atoms with Crippen LogP contribution < -0.4 is 15.5 Å². The number of piperidine rings is 2. The predicted octanol–water partition coefficient (Wildman–Crippen LogP) is 3.88. The molecule has 0 atom stereocenters. The van der Waals surface area contributed by atoms with E-state index in [2.05, 4.69) is 9.80 Å². The number of anilines is 2. The van der Waals surface area contributed by atoms with Crippen LogP contribution in [0.2, 0.25) is 0 Å². The van der Waals surface area contributed by atoms with Crippen LogP contribution >= 0.6 is 0 Å². The second-order valence-electron chi connectivity index (χ2n) is 10.1. The summed E-state index contributed by atoms with van der Waals surface area (Å²) in [5, 5.41) is 29.9. The van der Waals surface area contributed by atoms with Gasteiger partial charge in [-0.2, -0.15) is 0 Å². The van der Waals surface area contributed by atoms with E-state index in [0.29, 0.717) is 52.2 Å². The number of hydrogen-bond donors (Lipinski definition) is 2. The molecule has 0 unspecified atom stereocenters. The molecule has 0 radical (unpaired) electrons. The Hall–Kier alpha value is -4.46. The first-order chi connectivity index (χ1) is 20.2. The Morgan fingerprint density at radius 3 is 1.52 bits per heavy atom. The minimum absolute atomic E-state index is 0.0687. The molecular formula is C28H38N6O8. The maximum atomic E-state index is 10.8. The lowest BCUT2D eigenvalue weighted by atomic mass is 9.97. The zero-order chi connectivity index (χ0) is 30.5. The molecule has 3 aliphatic heterocycles. The molecule has 0 aliphatic carbocycles. The number of carbonyl (C=O) groups is 2. The topological polar surface area (TPSA) is 186 Å². The van der Waals surface area contributed by atoms with Gasteiger partial charge in [-0.15, -0.1) is 0 Å². The Morgan fingerprint density at radius 1 is 0.738 bits per heavy atom. The van der Waals surface area contributed by atoms with E-state index < -0.39 is 10.9 Å². The molecule has 0 spiro atoms. The van der Waals surface area contributed by atoms with Gasteiger partial charge < -0.3 is 30.3 Å². The monoisotopic (exact) mass is 586 g/mol. The number of non-ortho nitro benzene ring substituents is 2. The third-order valence-corrected chi connectivity index (χ3v) is 7.37. The average Bonchev–Trinajstić information content (AvgIpc) is 3.02. The van der Waals surface area contributed by atoms with Crippen molar-refractivity contribution in [1.29, 1.82) is 0 Å². The van der Waals surface area contributed by atoms with Crippen LogP contribution in [-0.4, -0.2) is 84.3 Å². The fraction of sp³-hybridized carbons (Fsp3) is 0.500. The minimum atomic E-state index is -0.738. The number of carbonyl (C=O) groups excluding carboxylic acids is 1. The lowest BCUT2D eigenvalue weighted by Gasteiger charge is -2.31. The lowest BCUT2D eigenvalue weighted by Crippen LogP contribution is -2.43. The molecule has 3 aliphatic rings. The molecule has 14 nitrogen and oxygen atoms in total. The van der Waals surface area contributed by atoms with Gasteiger partial charge in [0, 0.05) is 74.9 Å². The number of rotatable bonds is 5. The zero-order valence-corrected chi connectivity index (χ0v) is 23.5. The molecule has 3 fully saturated rings. The first-order valence-electron chi connectivity index (χ1n) is 14.0. The molecule has 3 N–H and O–H groups in total. The number of primary amides is 1. The number of nitro benzene ring substituents is 2. The lowest BCUT2D eigenvalue weighted by molar-refractivity contribution is -0.385. The summed E-state index contributed by atoms with van der Waals surface area (Å²) in [6, 6.07) is 12.8. The first-order valence-corrected chi connectivity index (χ1v) is 14.0. The van der Waals surface area contributed by atoms with Crippen molar-refractivity contribution in [2.75, 3.05) is 62.3 Å². The van der Waals surface area contributed by atoms with Crippen molar-refractivity contribution >= 4 is 34.7 Å². The van der Waals surface area contributed by atoms with Gasteiger partial charge in [0.25, 0.3) is 11.4 Å². The van der Waals surface area contributed by atoms with Crippen LogP contribution in [0.4, 0.5) is 27.5 Å². The molecule has 3 saturated heterocycles. The maximum absolute atomic E-state index is 10.8. The molecule has 2 aromatic rings. The second kappa shape index (κ2) is 16.1. The number of nitrogens with zero attached hydrogens (tertiary/aromatic N) is 5. The molecule has 0 saturated carbocycles. The van der Waals surface area contributed by atoms with Crippen LogP contribution in [0, 0.1) is 26.1 Å². The van der Waals surface area contributed by atoms with Crippen LogP contribution in [-0.2, 0) is 9.53 Å². The third kappa shape index (κ3) is 9.87. The molecule has 42 heavy (non-hydrogen) atoms. The Labute approximate surface area is 243 Å². The van der Waals surface area contributed by atoms with Crippen LogP contribution in [0.25, 0.3) is 0 Å². The highest BCUT2D eigenvalue weighted by atomic mass is 16.6. The van der Waals surface area contributed by atoms with E-state index in [-0.39, 0.29) is 28.2 Å². The van der Waals surface area contributed by atoms with Crippen molar-refractivity contribution in [1.82, 2.24) is 4.90 Å². The van der Waals surface area contributed by atoms with E-state index >= 15 is 0 Å². The van der Waals surface area contributed by atoms with E-state index in [1.165, 1.54) is 31.4 Å². The van der Waals surface area contributed by atoms with E-state index in [1.54, 1.807) is 29.2 Å². The van der Waals surface area contributed by atoms with Crippen LogP contribution in [0.5, 0.6) is 0 Å². The van der Waals surface area contributed by atoms with Gasteiger partial charge in [-0.25, -0.2) is 4.79 Å². The standard InChI is InChI=1S/C12H14N2O4.C11H14N2O2.C5H10N2O2/c15-12(16)9-5-7-13(8-6-9)10-1-3-11(4-2-10)14(17)18;14-13(15)11-6-4-10(5-7-11)12-8-2-1-3-9-12;6-5(8)7-1-3-9-4-2-7/h1-4,9H,5-8H2,(H,15,16);4-7H,1-3,8-9H2;1-4H2,(H2,6,8). The number of urea groups is 1. The fourth-order valence-corrected chi connectivity index (χ4v) is 4.89. The van der Waals surface area contributed by atoms with E-state index in [9.17, 15) is 29.8 Å². The number of carboxylic acid groups (broad SMARTS) is 1. The number of amides is 2. The highest BCUT2D eigenvalue weighted by Crippen LogP contribution is 2.25. The highest BCUT2D eigenvalue weighted by molar-refractivity contribution is 5.72. The van der Waals surface area contributed by atoms with Gasteiger partial charge in [-0.1, -0.05) is 0 Å². The summed E-state index contributed by atoms with van der Waals surface area (Å²) < 4.78 is 5.00. The van der Waals surface area contributed by atoms with Gasteiger partial charge >= 0.3 is 12.0 Å². The Morgan fingerprint density at radius 2 is 1.17 bits per heavy atom. The van der Waals surface area contributed by atoms with Gasteiger partial charge in [-0.3, -0.25) is 25.0 Å². The normalized spacial score (nSPS) is 17.2. The summed E-state index contributed by atoms with van der Waals surface area (Å²) in [6.45, 7) is 5.98. The maximum Gasteiger partial charge on any atom is 0.314 e. The van der Waals surface area contributed by atoms with Crippen LogP contribution in [0.1, 0.15) is 32.1 Å². The highest BCUT2D eigenvalue weighted by Gasteiger charge is 2.24. The molecule has 2 aromatic carbocycles. The number of hydrogen-bond acceptors (Lipinski definition) is 9. The van der Waals surface area contributed by atoms with E-state index in [1.807, 2.05) is 12.1 Å². The summed E-state index contributed by atoms with van der Waals surface area (Å²) in [6.07, 6.45) is 4.97. The van der Waals surface area contributed by atoms with E-state index in [4.69, 9.17) is 15.6 Å². The molecular weight excluding hydrogens is 548 g/mol. The van der Waals surface area contributed by atoms with Crippen molar-refractivity contribution in [3.8, 4) is 0 Å². The predicted molar refractivity (Wildman–Crippen MR) is 157 cm³/mol. The molecule has 0 bridgehead atoms. The van der Waals surface area contributed by atoms with Crippen LogP contribution in [0.3, 0.4) is 0 Å². The van der Waals surface area contributed by atoms with Crippen molar-refractivity contribution in [2.45, 2.75) is 32.1 Å². The van der Waals surface area contributed by atoms with Crippen molar-refractivity contribution in [3.63, 3.8) is 0 Å². The van der Waals surface area contributed by atoms with Gasteiger partial charge in [0.1, 0.15) is 0 Å². The fourth-order valence-electron chi connectivity index (χ4n) is 4.89. The van der Waals surface area contributed by atoms with Crippen molar-refractivity contribution in [3.05, 3.63) is 68.8 Å².